The Bertz CT molecular complexity index is 990. The van der Waals surface area contributed by atoms with Crippen molar-refractivity contribution >= 4 is 5.91 Å². The molecule has 0 radical (unpaired) electrons. The third kappa shape index (κ3) is 4.21. The first-order valence-electron chi connectivity index (χ1n) is 10.1. The molecule has 0 aliphatic carbocycles. The molecule has 30 heavy (non-hydrogen) atoms. The van der Waals surface area contributed by atoms with E-state index in [4.69, 9.17) is 9.26 Å². The molecular weight excluding hydrogens is 380 g/mol. The maximum atomic E-state index is 12.8. The first-order chi connectivity index (χ1) is 14.5. The second-order valence-corrected chi connectivity index (χ2v) is 7.55. The highest BCUT2D eigenvalue weighted by Crippen LogP contribution is 2.24. The zero-order chi connectivity index (χ0) is 21.1. The van der Waals surface area contributed by atoms with Gasteiger partial charge in [-0.15, -0.1) is 0 Å². The average Bonchev–Trinajstić information content (AvgIpc) is 3.29. The Kier molecular flexibility index (Phi) is 5.81. The van der Waals surface area contributed by atoms with Crippen molar-refractivity contribution in [1.82, 2.24) is 19.9 Å². The van der Waals surface area contributed by atoms with Gasteiger partial charge in [0.15, 0.2) is 0 Å². The lowest BCUT2D eigenvalue weighted by molar-refractivity contribution is 0.0551. The molecule has 7 heteroatoms. The van der Waals surface area contributed by atoms with E-state index in [1.165, 1.54) is 5.56 Å². The monoisotopic (exact) mass is 406 g/mol. The first kappa shape index (κ1) is 20.1. The quantitative estimate of drug-likeness (QED) is 0.645. The Hall–Kier alpha value is -3.19. The van der Waals surface area contributed by atoms with Crippen molar-refractivity contribution in [2.24, 2.45) is 0 Å². The maximum Gasteiger partial charge on any atom is 0.253 e. The topological polar surface area (TPSA) is 71.7 Å². The van der Waals surface area contributed by atoms with E-state index < -0.39 is 0 Å². The van der Waals surface area contributed by atoms with Gasteiger partial charge in [-0.1, -0.05) is 35.0 Å². The summed E-state index contributed by atoms with van der Waals surface area (Å²) in [6.07, 6.45) is 0. The number of rotatable bonds is 5. The molecule has 2 heterocycles. The van der Waals surface area contributed by atoms with E-state index in [0.717, 1.165) is 24.4 Å². The highest BCUT2D eigenvalue weighted by atomic mass is 16.5. The first-order valence-corrected chi connectivity index (χ1v) is 10.1. The van der Waals surface area contributed by atoms with Crippen molar-refractivity contribution in [3.8, 4) is 17.1 Å². The highest BCUT2D eigenvalue weighted by Gasteiger charge is 2.28. The van der Waals surface area contributed by atoms with Crippen LogP contribution in [0.15, 0.2) is 53.1 Å². The molecule has 1 saturated heterocycles. The van der Waals surface area contributed by atoms with Crippen molar-refractivity contribution < 1.29 is 14.1 Å². The van der Waals surface area contributed by atoms with Gasteiger partial charge in [0.1, 0.15) is 5.75 Å². The number of benzene rings is 2. The molecule has 2 aromatic carbocycles. The van der Waals surface area contributed by atoms with Gasteiger partial charge >= 0.3 is 0 Å². The third-order valence-corrected chi connectivity index (χ3v) is 5.60. The van der Waals surface area contributed by atoms with Gasteiger partial charge in [-0.3, -0.25) is 9.69 Å². The zero-order valence-electron chi connectivity index (χ0n) is 17.5. The maximum absolute atomic E-state index is 12.8. The minimum atomic E-state index is -0.00469. The smallest absolute Gasteiger partial charge is 0.253 e. The standard InChI is InChI=1S/C23H26N4O3/c1-16-4-6-18(7-5-16)21-24-22(30-25-21)17(2)26-12-14-27(15-13-26)23(28)19-8-10-20(29-3)11-9-19/h4-11,17H,12-15H2,1-3H3. The van der Waals surface area contributed by atoms with Gasteiger partial charge in [0.05, 0.1) is 13.2 Å². The summed E-state index contributed by atoms with van der Waals surface area (Å²) in [6, 6.07) is 15.3. The van der Waals surface area contributed by atoms with Crippen LogP contribution in [0.1, 0.15) is 34.8 Å². The van der Waals surface area contributed by atoms with E-state index in [1.807, 2.05) is 48.2 Å². The molecular formula is C23H26N4O3. The van der Waals surface area contributed by atoms with Crippen LogP contribution >= 0.6 is 0 Å². The third-order valence-electron chi connectivity index (χ3n) is 5.60. The van der Waals surface area contributed by atoms with Crippen molar-refractivity contribution in [2.45, 2.75) is 19.9 Å². The number of hydrogen-bond acceptors (Lipinski definition) is 6. The largest absolute Gasteiger partial charge is 0.497 e. The summed E-state index contributed by atoms with van der Waals surface area (Å²) in [5.41, 5.74) is 2.81. The Labute approximate surface area is 176 Å². The zero-order valence-corrected chi connectivity index (χ0v) is 17.5. The molecule has 1 fully saturated rings. The van der Waals surface area contributed by atoms with Gasteiger partial charge in [-0.25, -0.2) is 0 Å². The summed E-state index contributed by atoms with van der Waals surface area (Å²) < 4.78 is 10.7. The molecule has 0 spiro atoms. The second-order valence-electron chi connectivity index (χ2n) is 7.55. The lowest BCUT2D eigenvalue weighted by Crippen LogP contribution is -2.49. The van der Waals surface area contributed by atoms with Gasteiger partial charge < -0.3 is 14.2 Å². The predicted octanol–water partition coefficient (Wildman–Crippen LogP) is 3.57. The summed E-state index contributed by atoms with van der Waals surface area (Å²) in [7, 11) is 1.62. The van der Waals surface area contributed by atoms with Crippen molar-refractivity contribution in [1.29, 1.82) is 0 Å². The summed E-state index contributed by atoms with van der Waals surface area (Å²) >= 11 is 0. The van der Waals surface area contributed by atoms with Crippen LogP contribution in [0.2, 0.25) is 0 Å². The number of carbonyl (C=O) groups excluding carboxylic acids is 1. The molecule has 0 saturated carbocycles. The number of methoxy groups -OCH3 is 1. The van der Waals surface area contributed by atoms with Crippen LogP contribution in [0.3, 0.4) is 0 Å². The van der Waals surface area contributed by atoms with E-state index in [0.29, 0.717) is 30.4 Å². The predicted molar refractivity (Wildman–Crippen MR) is 113 cm³/mol. The van der Waals surface area contributed by atoms with E-state index in [1.54, 1.807) is 19.2 Å². The van der Waals surface area contributed by atoms with Crippen LogP contribution in [0.5, 0.6) is 5.75 Å². The van der Waals surface area contributed by atoms with Crippen molar-refractivity contribution in [3.63, 3.8) is 0 Å². The summed E-state index contributed by atoms with van der Waals surface area (Å²) in [5.74, 6) is 1.99. The van der Waals surface area contributed by atoms with Crippen LogP contribution in [0.25, 0.3) is 11.4 Å². The van der Waals surface area contributed by atoms with E-state index in [-0.39, 0.29) is 11.9 Å². The molecule has 3 aromatic rings. The second kappa shape index (κ2) is 8.67. The number of aryl methyl sites for hydroxylation is 1. The van der Waals surface area contributed by atoms with Crippen LogP contribution in [-0.2, 0) is 0 Å². The minimum Gasteiger partial charge on any atom is -0.497 e. The van der Waals surface area contributed by atoms with E-state index >= 15 is 0 Å². The molecule has 1 aromatic heterocycles. The van der Waals surface area contributed by atoms with Gasteiger partial charge in [0.2, 0.25) is 11.7 Å². The lowest BCUT2D eigenvalue weighted by Gasteiger charge is -2.36. The normalized spacial score (nSPS) is 15.8. The molecule has 1 amide bonds. The van der Waals surface area contributed by atoms with Gasteiger partial charge in [-0.2, -0.15) is 4.98 Å². The van der Waals surface area contributed by atoms with Gasteiger partial charge in [-0.05, 0) is 38.1 Å². The summed E-state index contributed by atoms with van der Waals surface area (Å²) in [5, 5.41) is 4.14. The molecule has 0 N–H and O–H groups in total. The van der Waals surface area contributed by atoms with Crippen molar-refractivity contribution in [3.05, 3.63) is 65.5 Å². The number of aromatic nitrogens is 2. The van der Waals surface area contributed by atoms with E-state index in [9.17, 15) is 4.79 Å². The number of nitrogens with zero attached hydrogens (tertiary/aromatic N) is 4. The molecule has 7 nitrogen and oxygen atoms in total. The Morgan fingerprint density at radius 1 is 1.03 bits per heavy atom. The summed E-state index contributed by atoms with van der Waals surface area (Å²) in [6.45, 7) is 6.94. The fraction of sp³-hybridized carbons (Fsp3) is 0.348. The Morgan fingerprint density at radius 2 is 1.70 bits per heavy atom. The minimum absolute atomic E-state index is 0.00469. The van der Waals surface area contributed by atoms with Crippen LogP contribution in [0, 0.1) is 6.92 Å². The van der Waals surface area contributed by atoms with Crippen molar-refractivity contribution in [2.75, 3.05) is 33.3 Å². The molecule has 0 bridgehead atoms. The fourth-order valence-corrected chi connectivity index (χ4v) is 3.61. The molecule has 156 valence electrons. The highest BCUT2D eigenvalue weighted by molar-refractivity contribution is 5.94. The molecule has 1 atom stereocenters. The molecule has 1 aliphatic rings. The van der Waals surface area contributed by atoms with Gasteiger partial charge in [0, 0.05) is 37.3 Å². The molecule has 1 aliphatic heterocycles. The van der Waals surface area contributed by atoms with Crippen LogP contribution < -0.4 is 4.74 Å². The van der Waals surface area contributed by atoms with Gasteiger partial charge in [0.25, 0.3) is 5.91 Å². The fourth-order valence-electron chi connectivity index (χ4n) is 3.61. The SMILES string of the molecule is COc1ccc(C(=O)N2CCN(C(C)c3nc(-c4ccc(C)cc4)no3)CC2)cc1. The average molecular weight is 406 g/mol. The number of piperazine rings is 1. The van der Waals surface area contributed by atoms with Crippen LogP contribution in [0.4, 0.5) is 0 Å². The number of amides is 1. The Morgan fingerprint density at radius 3 is 2.33 bits per heavy atom. The molecule has 1 unspecified atom stereocenters. The number of carbonyl (C=O) groups is 1. The van der Waals surface area contributed by atoms with E-state index in [2.05, 4.69) is 22.0 Å². The number of hydrogen-bond donors (Lipinski definition) is 0. The molecule has 4 rings (SSSR count). The summed E-state index contributed by atoms with van der Waals surface area (Å²) in [4.78, 5) is 21.5. The lowest BCUT2D eigenvalue weighted by atomic mass is 10.1. The number of ether oxygens (including phenoxy) is 1. The van der Waals surface area contributed by atoms with Crippen LogP contribution in [-0.4, -0.2) is 59.1 Å². The Balaban J connectivity index is 1.36.